The molecule has 0 amide bonds. The fourth-order valence-corrected chi connectivity index (χ4v) is 3.40. The maximum absolute atomic E-state index is 6.53. The van der Waals surface area contributed by atoms with Crippen LogP contribution >= 0.6 is 11.6 Å². The lowest BCUT2D eigenvalue weighted by molar-refractivity contribution is 0.269. The molecule has 0 aliphatic carbocycles. The fourth-order valence-electron chi connectivity index (χ4n) is 3.11. The lowest BCUT2D eigenvalue weighted by Crippen LogP contribution is -2.17. The molecule has 3 aromatic carbocycles. The first-order valence-electron chi connectivity index (χ1n) is 10.1. The van der Waals surface area contributed by atoms with Crippen molar-refractivity contribution in [2.24, 2.45) is 0 Å². The predicted molar refractivity (Wildman–Crippen MR) is 122 cm³/mol. The second kappa shape index (κ2) is 11.5. The van der Waals surface area contributed by atoms with Gasteiger partial charge in [0.25, 0.3) is 0 Å². The number of hydrogen-bond acceptors (Lipinski definition) is 4. The van der Waals surface area contributed by atoms with Crippen molar-refractivity contribution in [3.05, 3.63) is 88.4 Å². The van der Waals surface area contributed by atoms with Gasteiger partial charge in [0.2, 0.25) is 0 Å². The lowest BCUT2D eigenvalue weighted by atomic mass is 10.1. The van der Waals surface area contributed by atoms with Crippen LogP contribution in [0.15, 0.2) is 66.7 Å². The molecule has 4 nitrogen and oxygen atoms in total. The van der Waals surface area contributed by atoms with E-state index in [0.717, 1.165) is 29.8 Å². The molecule has 0 heterocycles. The quantitative estimate of drug-likeness (QED) is 0.402. The van der Waals surface area contributed by atoms with E-state index >= 15 is 0 Å². The van der Waals surface area contributed by atoms with E-state index in [4.69, 9.17) is 25.8 Å². The molecule has 3 aromatic rings. The summed E-state index contributed by atoms with van der Waals surface area (Å²) in [7, 11) is 1.68. The zero-order valence-corrected chi connectivity index (χ0v) is 18.2. The normalized spacial score (nSPS) is 10.6. The van der Waals surface area contributed by atoms with Gasteiger partial charge in [0.15, 0.2) is 11.5 Å². The maximum Gasteiger partial charge on any atom is 0.180 e. The van der Waals surface area contributed by atoms with Crippen molar-refractivity contribution in [3.63, 3.8) is 0 Å². The third-order valence-corrected chi connectivity index (χ3v) is 4.95. The summed E-state index contributed by atoms with van der Waals surface area (Å²) >= 11 is 6.53. The Kier molecular flexibility index (Phi) is 8.42. The molecule has 0 atom stereocenters. The third kappa shape index (κ3) is 6.41. The van der Waals surface area contributed by atoms with Gasteiger partial charge in [-0.1, -0.05) is 54.1 Å². The monoisotopic (exact) mass is 425 g/mol. The molecule has 3 rings (SSSR count). The molecule has 30 heavy (non-hydrogen) atoms. The zero-order valence-electron chi connectivity index (χ0n) is 17.5. The van der Waals surface area contributed by atoms with Gasteiger partial charge in [-0.05, 0) is 60.8 Å². The molecule has 0 radical (unpaired) electrons. The van der Waals surface area contributed by atoms with Crippen LogP contribution < -0.4 is 19.5 Å². The van der Waals surface area contributed by atoms with Crippen molar-refractivity contribution in [3.8, 4) is 17.2 Å². The van der Waals surface area contributed by atoms with Gasteiger partial charge in [0, 0.05) is 6.54 Å². The number of nitrogens with one attached hydrogen (secondary N) is 1. The van der Waals surface area contributed by atoms with E-state index in [-0.39, 0.29) is 0 Å². The minimum absolute atomic E-state index is 0.445. The highest BCUT2D eigenvalue weighted by Crippen LogP contribution is 2.37. The predicted octanol–water partition coefficient (Wildman–Crippen LogP) is 5.66. The van der Waals surface area contributed by atoms with Crippen LogP contribution in [0.5, 0.6) is 17.2 Å². The number of methoxy groups -OCH3 is 1. The van der Waals surface area contributed by atoms with Crippen LogP contribution in [-0.4, -0.2) is 20.3 Å². The van der Waals surface area contributed by atoms with Crippen LogP contribution in [-0.2, 0) is 19.6 Å². The molecule has 0 saturated heterocycles. The van der Waals surface area contributed by atoms with E-state index in [9.17, 15) is 0 Å². The highest BCUT2D eigenvalue weighted by Gasteiger charge is 2.13. The van der Waals surface area contributed by atoms with E-state index in [1.54, 1.807) is 7.11 Å². The molecule has 5 heteroatoms. The van der Waals surface area contributed by atoms with Gasteiger partial charge < -0.3 is 19.5 Å². The molecule has 0 spiro atoms. The SMILES string of the molecule is CCOc1cc(CNCCc2ccc(OC)cc2)cc(Cl)c1OCc1ccccc1. The van der Waals surface area contributed by atoms with Crippen molar-refractivity contribution in [2.75, 3.05) is 20.3 Å². The summed E-state index contributed by atoms with van der Waals surface area (Å²) in [6.07, 6.45) is 0.939. The Morgan fingerprint density at radius 3 is 2.33 bits per heavy atom. The summed E-state index contributed by atoms with van der Waals surface area (Å²) in [6, 6.07) is 22.1. The second-order valence-corrected chi connectivity index (χ2v) is 7.29. The van der Waals surface area contributed by atoms with Crippen LogP contribution in [0.1, 0.15) is 23.6 Å². The number of rotatable bonds is 11. The standard InChI is InChI=1S/C25H28ClNO3/c1-3-29-24-16-21(17-27-14-13-19-9-11-22(28-2)12-10-19)15-23(26)25(24)30-18-20-7-5-4-6-8-20/h4-12,15-16,27H,3,13-14,17-18H2,1-2H3. The molecular formula is C25H28ClNO3. The van der Waals surface area contributed by atoms with Crippen LogP contribution in [0.4, 0.5) is 0 Å². The van der Waals surface area contributed by atoms with E-state index in [0.29, 0.717) is 36.3 Å². The first kappa shape index (κ1) is 22.0. The molecule has 158 valence electrons. The molecule has 0 aliphatic heterocycles. The Morgan fingerprint density at radius 2 is 1.63 bits per heavy atom. The summed E-state index contributed by atoms with van der Waals surface area (Å²) in [5.41, 5.74) is 3.41. The van der Waals surface area contributed by atoms with Crippen molar-refractivity contribution in [1.29, 1.82) is 0 Å². The van der Waals surface area contributed by atoms with Crippen molar-refractivity contribution < 1.29 is 14.2 Å². The first-order chi connectivity index (χ1) is 14.7. The highest BCUT2D eigenvalue weighted by atomic mass is 35.5. The van der Waals surface area contributed by atoms with Gasteiger partial charge >= 0.3 is 0 Å². The Balaban J connectivity index is 1.58. The van der Waals surface area contributed by atoms with E-state index in [2.05, 4.69) is 17.4 Å². The number of benzene rings is 3. The number of hydrogen-bond donors (Lipinski definition) is 1. The summed E-state index contributed by atoms with van der Waals surface area (Å²) in [5.74, 6) is 2.14. The average molecular weight is 426 g/mol. The summed E-state index contributed by atoms with van der Waals surface area (Å²) in [5, 5.41) is 4.03. The summed E-state index contributed by atoms with van der Waals surface area (Å²) in [6.45, 7) is 4.51. The average Bonchev–Trinajstić information content (AvgIpc) is 2.77. The van der Waals surface area contributed by atoms with Gasteiger partial charge in [-0.15, -0.1) is 0 Å². The smallest absolute Gasteiger partial charge is 0.180 e. The largest absolute Gasteiger partial charge is 0.497 e. The molecule has 0 bridgehead atoms. The molecule has 1 N–H and O–H groups in total. The minimum atomic E-state index is 0.445. The zero-order chi connectivity index (χ0) is 21.2. The van der Waals surface area contributed by atoms with Gasteiger partial charge in [0.05, 0.1) is 18.7 Å². The number of halogens is 1. The van der Waals surface area contributed by atoms with E-state index in [1.807, 2.05) is 61.5 Å². The van der Waals surface area contributed by atoms with E-state index in [1.165, 1.54) is 5.56 Å². The molecule has 0 aromatic heterocycles. The highest BCUT2D eigenvalue weighted by molar-refractivity contribution is 6.32. The molecule has 0 aliphatic rings. The molecule has 0 fully saturated rings. The van der Waals surface area contributed by atoms with E-state index < -0.39 is 0 Å². The van der Waals surface area contributed by atoms with Crippen LogP contribution in [0.2, 0.25) is 5.02 Å². The maximum atomic E-state index is 6.53. The van der Waals surface area contributed by atoms with Crippen LogP contribution in [0, 0.1) is 0 Å². The Morgan fingerprint density at radius 1 is 0.867 bits per heavy atom. The molecule has 0 saturated carbocycles. The Labute approximate surface area is 183 Å². The topological polar surface area (TPSA) is 39.7 Å². The summed E-state index contributed by atoms with van der Waals surface area (Å²) < 4.78 is 17.0. The summed E-state index contributed by atoms with van der Waals surface area (Å²) in [4.78, 5) is 0. The van der Waals surface area contributed by atoms with Crippen molar-refractivity contribution in [1.82, 2.24) is 5.32 Å². The second-order valence-electron chi connectivity index (χ2n) is 6.89. The van der Waals surface area contributed by atoms with Crippen molar-refractivity contribution in [2.45, 2.75) is 26.5 Å². The lowest BCUT2D eigenvalue weighted by Gasteiger charge is -2.16. The fraction of sp³-hybridized carbons (Fsp3) is 0.280. The van der Waals surface area contributed by atoms with Gasteiger partial charge in [-0.3, -0.25) is 0 Å². The minimum Gasteiger partial charge on any atom is -0.497 e. The van der Waals surface area contributed by atoms with Gasteiger partial charge in [-0.2, -0.15) is 0 Å². The molecular weight excluding hydrogens is 398 g/mol. The van der Waals surface area contributed by atoms with Crippen molar-refractivity contribution >= 4 is 11.6 Å². The van der Waals surface area contributed by atoms with Gasteiger partial charge in [0.1, 0.15) is 12.4 Å². The third-order valence-electron chi connectivity index (χ3n) is 4.67. The van der Waals surface area contributed by atoms with Gasteiger partial charge in [-0.25, -0.2) is 0 Å². The van der Waals surface area contributed by atoms with Crippen LogP contribution in [0.3, 0.4) is 0 Å². The Hall–Kier alpha value is -2.69. The number of ether oxygens (including phenoxy) is 3. The first-order valence-corrected chi connectivity index (χ1v) is 10.5. The van der Waals surface area contributed by atoms with Crippen LogP contribution in [0.25, 0.3) is 0 Å². The molecule has 0 unspecified atom stereocenters. The Bertz CT molecular complexity index is 914.